The smallest absolute Gasteiger partial charge is 0.268 e. The molecule has 0 aromatic rings. The van der Waals surface area contributed by atoms with E-state index in [-0.39, 0.29) is 11.4 Å². The maximum atomic E-state index is 12.3. The number of carbonyl (C=O) groups is 1. The maximum absolute atomic E-state index is 12.3. The summed E-state index contributed by atoms with van der Waals surface area (Å²) >= 11 is 0. The summed E-state index contributed by atoms with van der Waals surface area (Å²) in [5, 5.41) is 1.32. The van der Waals surface area contributed by atoms with Crippen LogP contribution < -0.4 is 5.84 Å². The van der Waals surface area contributed by atoms with Gasteiger partial charge in [0.2, 0.25) is 0 Å². The first-order valence-electron chi connectivity index (χ1n) is 5.85. The Bertz CT molecular complexity index is 553. The molecule has 0 radical (unpaired) electrons. The Labute approximate surface area is 101 Å². The van der Waals surface area contributed by atoms with E-state index in [1.54, 1.807) is 0 Å². The predicted molar refractivity (Wildman–Crippen MR) is 66.7 cm³/mol. The van der Waals surface area contributed by atoms with Crippen LogP contribution in [0.2, 0.25) is 0 Å². The van der Waals surface area contributed by atoms with Gasteiger partial charge in [-0.1, -0.05) is 6.08 Å². The monoisotopic (exact) mass is 228 g/mol. The average Bonchev–Trinajstić information content (AvgIpc) is 2.72. The quantitative estimate of drug-likeness (QED) is 0.424. The van der Waals surface area contributed by atoms with Gasteiger partial charge in [-0.2, -0.15) is 0 Å². The molecule has 3 nitrogen and oxygen atoms in total. The lowest BCUT2D eigenvalue weighted by atomic mass is 10.0. The zero-order valence-electron chi connectivity index (χ0n) is 10.4. The summed E-state index contributed by atoms with van der Waals surface area (Å²) in [4.78, 5) is 12.3. The third-order valence-corrected chi connectivity index (χ3v) is 3.44. The van der Waals surface area contributed by atoms with Gasteiger partial charge in [0.15, 0.2) is 0 Å². The Balaban J connectivity index is 1.96. The number of allylic oxidation sites excluding steroid dienone is 6. The second kappa shape index (κ2) is 2.99. The molecule has 0 aromatic carbocycles. The van der Waals surface area contributed by atoms with E-state index in [1.165, 1.54) is 21.7 Å². The second-order valence-electron chi connectivity index (χ2n) is 5.75. The molecule has 3 rings (SSSR count). The fraction of sp³-hybridized carbons (Fsp3) is 0.357. The zero-order chi connectivity index (χ0) is 12.4. The zero-order valence-corrected chi connectivity index (χ0v) is 10.4. The molecule has 2 N–H and O–H groups in total. The van der Waals surface area contributed by atoms with E-state index < -0.39 is 0 Å². The standard InChI is InChI=1S/C14H16N2O/c1-14(2,3)16(15)13(17)10-5-4-9-11-6-8(11)7-12(9)10/h4-5,7H,6,15H2,1-3H3. The highest BCUT2D eigenvalue weighted by molar-refractivity contribution is 6.01. The van der Waals surface area contributed by atoms with Crippen molar-refractivity contribution >= 4 is 5.91 Å². The Morgan fingerprint density at radius 1 is 1.29 bits per heavy atom. The lowest BCUT2D eigenvalue weighted by Gasteiger charge is -2.31. The van der Waals surface area contributed by atoms with Crippen LogP contribution in [0.3, 0.4) is 0 Å². The second-order valence-corrected chi connectivity index (χ2v) is 5.75. The van der Waals surface area contributed by atoms with Crippen LogP contribution in [-0.4, -0.2) is 16.5 Å². The summed E-state index contributed by atoms with van der Waals surface area (Å²) in [6, 6.07) is 0. The summed E-state index contributed by atoms with van der Waals surface area (Å²) in [6.07, 6.45) is 7.13. The van der Waals surface area contributed by atoms with E-state index in [4.69, 9.17) is 5.84 Å². The van der Waals surface area contributed by atoms with Crippen molar-refractivity contribution < 1.29 is 4.79 Å². The largest absolute Gasteiger partial charge is 0.271 e. The molecule has 0 aliphatic heterocycles. The summed E-state index contributed by atoms with van der Waals surface area (Å²) in [5.74, 6) is 5.78. The molecule has 1 amide bonds. The Hall–Kier alpha value is -1.61. The normalized spacial score (nSPS) is 20.6. The number of hydrazine groups is 1. The highest BCUT2D eigenvalue weighted by Gasteiger charge is 2.37. The predicted octanol–water partition coefficient (Wildman–Crippen LogP) is 1.99. The SMILES string of the molecule is CC(C)(C)N(N)C(=O)C1=C2C=C3CC3=C2C=C1. The first-order chi connectivity index (χ1) is 7.89. The molecule has 0 atom stereocenters. The van der Waals surface area contributed by atoms with Crippen LogP contribution in [0.1, 0.15) is 27.2 Å². The highest BCUT2D eigenvalue weighted by atomic mass is 16.2. The molecule has 0 heterocycles. The number of fused-ring (bicyclic) bond motifs is 2. The van der Waals surface area contributed by atoms with Gasteiger partial charge in [0.05, 0.1) is 5.54 Å². The van der Waals surface area contributed by atoms with Crippen molar-refractivity contribution in [3.8, 4) is 0 Å². The van der Waals surface area contributed by atoms with E-state index in [1.807, 2.05) is 32.9 Å². The number of amides is 1. The minimum Gasteiger partial charge on any atom is -0.271 e. The molecule has 1 saturated carbocycles. The van der Waals surface area contributed by atoms with Crippen LogP contribution in [0, 0.1) is 0 Å². The van der Waals surface area contributed by atoms with E-state index in [0.717, 1.165) is 17.6 Å². The van der Waals surface area contributed by atoms with Crippen LogP contribution in [0.25, 0.3) is 0 Å². The fourth-order valence-electron chi connectivity index (χ4n) is 2.26. The molecule has 0 spiro atoms. The van der Waals surface area contributed by atoms with Crippen LogP contribution >= 0.6 is 0 Å². The molecule has 17 heavy (non-hydrogen) atoms. The van der Waals surface area contributed by atoms with E-state index in [9.17, 15) is 4.79 Å². The highest BCUT2D eigenvalue weighted by Crippen LogP contribution is 2.51. The number of rotatable bonds is 1. The van der Waals surface area contributed by atoms with Gasteiger partial charge >= 0.3 is 0 Å². The topological polar surface area (TPSA) is 46.3 Å². The Kier molecular flexibility index (Phi) is 1.85. The van der Waals surface area contributed by atoms with Gasteiger partial charge in [0.25, 0.3) is 5.91 Å². The van der Waals surface area contributed by atoms with E-state index in [2.05, 4.69) is 6.08 Å². The number of hydrogen-bond acceptors (Lipinski definition) is 2. The van der Waals surface area contributed by atoms with Crippen LogP contribution in [-0.2, 0) is 4.79 Å². The molecule has 0 saturated heterocycles. The van der Waals surface area contributed by atoms with Crippen molar-refractivity contribution in [3.05, 3.63) is 46.1 Å². The molecular formula is C14H16N2O. The minimum atomic E-state index is -0.358. The minimum absolute atomic E-state index is 0.0995. The third-order valence-electron chi connectivity index (χ3n) is 3.44. The molecule has 0 bridgehead atoms. The summed E-state index contributed by atoms with van der Waals surface area (Å²) < 4.78 is 0. The van der Waals surface area contributed by atoms with Crippen LogP contribution in [0.4, 0.5) is 0 Å². The first-order valence-corrected chi connectivity index (χ1v) is 5.85. The van der Waals surface area contributed by atoms with E-state index in [0.29, 0.717) is 0 Å². The van der Waals surface area contributed by atoms with E-state index >= 15 is 0 Å². The first kappa shape index (κ1) is 10.5. The van der Waals surface area contributed by atoms with Gasteiger partial charge < -0.3 is 0 Å². The van der Waals surface area contributed by atoms with Crippen molar-refractivity contribution in [3.63, 3.8) is 0 Å². The summed E-state index contributed by atoms with van der Waals surface area (Å²) in [7, 11) is 0. The molecular weight excluding hydrogens is 212 g/mol. The Morgan fingerprint density at radius 2 is 2.00 bits per heavy atom. The van der Waals surface area contributed by atoms with Gasteiger partial charge in [0, 0.05) is 5.57 Å². The molecule has 3 aliphatic rings. The van der Waals surface area contributed by atoms with Gasteiger partial charge in [-0.25, -0.2) is 5.84 Å². The van der Waals surface area contributed by atoms with Crippen molar-refractivity contribution in [2.45, 2.75) is 32.7 Å². The molecule has 3 heteroatoms. The van der Waals surface area contributed by atoms with Gasteiger partial charge in [-0.15, -0.1) is 0 Å². The van der Waals surface area contributed by atoms with Gasteiger partial charge in [-0.05, 0) is 61.6 Å². The summed E-state index contributed by atoms with van der Waals surface area (Å²) in [6.45, 7) is 5.79. The maximum Gasteiger partial charge on any atom is 0.268 e. The number of nitrogens with two attached hydrogens (primary N) is 1. The van der Waals surface area contributed by atoms with Crippen LogP contribution in [0.15, 0.2) is 46.1 Å². The van der Waals surface area contributed by atoms with Crippen molar-refractivity contribution in [1.29, 1.82) is 0 Å². The summed E-state index contributed by atoms with van der Waals surface area (Å²) in [5.41, 5.74) is 5.44. The Morgan fingerprint density at radius 3 is 2.65 bits per heavy atom. The van der Waals surface area contributed by atoms with Crippen LogP contribution in [0.5, 0.6) is 0 Å². The molecule has 3 aliphatic carbocycles. The lowest BCUT2D eigenvalue weighted by Crippen LogP contribution is -2.50. The average molecular weight is 228 g/mol. The molecule has 0 unspecified atom stereocenters. The van der Waals surface area contributed by atoms with Gasteiger partial charge in [-0.3, -0.25) is 9.80 Å². The van der Waals surface area contributed by atoms with Crippen molar-refractivity contribution in [2.75, 3.05) is 0 Å². The molecule has 0 aromatic heterocycles. The fourth-order valence-corrected chi connectivity index (χ4v) is 2.26. The third kappa shape index (κ3) is 1.42. The molecule has 1 fully saturated rings. The lowest BCUT2D eigenvalue weighted by molar-refractivity contribution is -0.131. The molecule has 88 valence electrons. The number of hydrogen-bond donors (Lipinski definition) is 1. The number of nitrogens with zero attached hydrogens (tertiary/aromatic N) is 1. The number of carbonyl (C=O) groups excluding carboxylic acids is 1. The van der Waals surface area contributed by atoms with Crippen molar-refractivity contribution in [1.82, 2.24) is 5.01 Å². The van der Waals surface area contributed by atoms with Gasteiger partial charge in [0.1, 0.15) is 0 Å². The van der Waals surface area contributed by atoms with Crippen molar-refractivity contribution in [2.24, 2.45) is 5.84 Å².